The fraction of sp³-hybridized carbons (Fsp3) is 0.911. The van der Waals surface area contributed by atoms with E-state index in [0.29, 0.717) is 12.8 Å². The summed E-state index contributed by atoms with van der Waals surface area (Å²) in [6, 6.07) is -0.711. The number of amides is 1. The van der Waals surface area contributed by atoms with Gasteiger partial charge in [0.2, 0.25) is 5.91 Å². The third-order valence-electron chi connectivity index (χ3n) is 13.6. The van der Waals surface area contributed by atoms with Gasteiger partial charge in [-0.2, -0.15) is 0 Å². The van der Waals surface area contributed by atoms with Crippen LogP contribution < -0.4 is 5.32 Å². The summed E-state index contributed by atoms with van der Waals surface area (Å²) in [5.41, 5.74) is 0. The van der Waals surface area contributed by atoms with Gasteiger partial charge in [-0.15, -0.1) is 0 Å². The first-order valence-corrected chi connectivity index (χ1v) is 28.0. The molecule has 9 heteroatoms. The van der Waals surface area contributed by atoms with Gasteiger partial charge in [0.25, 0.3) is 0 Å². The topological polar surface area (TPSA) is 149 Å². The monoisotopic (exact) mass is 922 g/mol. The summed E-state index contributed by atoms with van der Waals surface area (Å²) in [6.07, 6.45) is 51.6. The normalized spacial score (nSPS) is 20.0. The molecule has 0 aromatic carbocycles. The number of aliphatic hydroxyl groups is 5. The molecule has 1 fully saturated rings. The van der Waals surface area contributed by atoms with Crippen LogP contribution in [0, 0.1) is 0 Å². The number of nitrogens with one attached hydrogen (secondary N) is 1. The zero-order valence-electron chi connectivity index (χ0n) is 42.5. The second-order valence-electron chi connectivity index (χ2n) is 19.7. The highest BCUT2D eigenvalue weighted by atomic mass is 16.7. The van der Waals surface area contributed by atoms with Gasteiger partial charge in [0.15, 0.2) is 6.29 Å². The van der Waals surface area contributed by atoms with E-state index in [2.05, 4.69) is 43.5 Å². The Morgan fingerprint density at radius 2 is 0.908 bits per heavy atom. The average Bonchev–Trinajstić information content (AvgIpc) is 3.31. The van der Waals surface area contributed by atoms with E-state index < -0.39 is 49.5 Å². The standard InChI is InChI=1S/C56H107NO8/c1-3-5-7-9-10-11-12-13-14-15-16-17-18-19-20-21-22-23-24-25-26-27-28-29-30-31-32-33-34-35-36-37-38-39-40-42-44-46-52(60)57-49(50(59)45-43-41-8-6-4-2)48-64-56-55(63)54(62)53(61)51(47-58)65-56/h12-13,15-16,49-51,53-56,58-59,61-63H,3-11,14,17-48H2,1-2H3,(H,57,60)/b13-12-,16-15-. The molecule has 0 radical (unpaired) electrons. The lowest BCUT2D eigenvalue weighted by atomic mass is 9.99. The predicted octanol–water partition coefficient (Wildman–Crippen LogP) is 13.4. The van der Waals surface area contributed by atoms with E-state index in [1.165, 1.54) is 186 Å². The van der Waals surface area contributed by atoms with Crippen LogP contribution in [0.1, 0.15) is 271 Å². The molecule has 7 atom stereocenters. The van der Waals surface area contributed by atoms with Gasteiger partial charge >= 0.3 is 0 Å². The minimum absolute atomic E-state index is 0.136. The van der Waals surface area contributed by atoms with Crippen LogP contribution in [-0.2, 0) is 14.3 Å². The van der Waals surface area contributed by atoms with E-state index in [0.717, 1.165) is 57.8 Å². The molecule has 1 rings (SSSR count). The van der Waals surface area contributed by atoms with Gasteiger partial charge in [-0.3, -0.25) is 4.79 Å². The number of carbonyl (C=O) groups is 1. The number of rotatable bonds is 48. The van der Waals surface area contributed by atoms with Crippen molar-refractivity contribution >= 4 is 5.91 Å². The van der Waals surface area contributed by atoms with Gasteiger partial charge in [0.1, 0.15) is 24.4 Å². The van der Waals surface area contributed by atoms with Crippen LogP contribution in [0.25, 0.3) is 0 Å². The molecule has 6 N–H and O–H groups in total. The van der Waals surface area contributed by atoms with Crippen LogP contribution in [-0.4, -0.2) is 87.5 Å². The minimum Gasteiger partial charge on any atom is -0.394 e. The number of hydrogen-bond acceptors (Lipinski definition) is 8. The lowest BCUT2D eigenvalue weighted by Crippen LogP contribution is -2.60. The molecule has 0 aromatic heterocycles. The number of allylic oxidation sites excluding steroid dienone is 4. The fourth-order valence-corrected chi connectivity index (χ4v) is 9.08. The fourth-order valence-electron chi connectivity index (χ4n) is 9.08. The molecule has 0 spiro atoms. The molecule has 1 heterocycles. The molecule has 1 aliphatic heterocycles. The third kappa shape index (κ3) is 36.3. The first kappa shape index (κ1) is 61.7. The van der Waals surface area contributed by atoms with Crippen molar-refractivity contribution in [2.45, 2.75) is 314 Å². The van der Waals surface area contributed by atoms with Crippen LogP contribution in [0.4, 0.5) is 0 Å². The minimum atomic E-state index is -1.55. The van der Waals surface area contributed by atoms with Crippen LogP contribution >= 0.6 is 0 Å². The summed E-state index contributed by atoms with van der Waals surface area (Å²) in [7, 11) is 0. The van der Waals surface area contributed by atoms with E-state index in [1.807, 2.05) is 0 Å². The third-order valence-corrected chi connectivity index (χ3v) is 13.6. The van der Waals surface area contributed by atoms with E-state index in [9.17, 15) is 30.3 Å². The number of carbonyl (C=O) groups excluding carboxylic acids is 1. The smallest absolute Gasteiger partial charge is 0.220 e. The molecule has 7 unspecified atom stereocenters. The van der Waals surface area contributed by atoms with E-state index in [-0.39, 0.29) is 12.5 Å². The molecule has 1 amide bonds. The molecule has 65 heavy (non-hydrogen) atoms. The maximum Gasteiger partial charge on any atom is 0.220 e. The zero-order valence-corrected chi connectivity index (χ0v) is 42.5. The Hall–Kier alpha value is -1.33. The summed E-state index contributed by atoms with van der Waals surface area (Å²) in [6.45, 7) is 3.75. The Bertz CT molecular complexity index is 1070. The predicted molar refractivity (Wildman–Crippen MR) is 272 cm³/mol. The van der Waals surface area contributed by atoms with Gasteiger partial charge in [0.05, 0.1) is 25.4 Å². The Balaban J connectivity index is 1.93. The van der Waals surface area contributed by atoms with Gasteiger partial charge < -0.3 is 40.3 Å². The van der Waals surface area contributed by atoms with E-state index in [4.69, 9.17) is 9.47 Å². The van der Waals surface area contributed by atoms with Crippen molar-refractivity contribution < 1.29 is 39.8 Å². The van der Waals surface area contributed by atoms with Crippen LogP contribution in [0.5, 0.6) is 0 Å². The van der Waals surface area contributed by atoms with Crippen molar-refractivity contribution in [2.75, 3.05) is 13.2 Å². The summed E-state index contributed by atoms with van der Waals surface area (Å²) in [4.78, 5) is 12.9. The van der Waals surface area contributed by atoms with Crippen molar-refractivity contribution in [3.63, 3.8) is 0 Å². The number of unbranched alkanes of at least 4 members (excludes halogenated alkanes) is 34. The van der Waals surface area contributed by atoms with Gasteiger partial charge in [-0.25, -0.2) is 0 Å². The molecule has 1 aliphatic rings. The number of ether oxygens (including phenoxy) is 2. The molecule has 0 aromatic rings. The first-order chi connectivity index (χ1) is 31.8. The molecular formula is C56H107NO8. The molecule has 1 saturated heterocycles. The summed E-state index contributed by atoms with van der Waals surface area (Å²) < 4.78 is 11.2. The van der Waals surface area contributed by atoms with Crippen molar-refractivity contribution in [3.8, 4) is 0 Å². The summed E-state index contributed by atoms with van der Waals surface area (Å²) >= 11 is 0. The highest BCUT2D eigenvalue weighted by molar-refractivity contribution is 5.76. The number of aliphatic hydroxyl groups excluding tert-OH is 5. The summed E-state index contributed by atoms with van der Waals surface area (Å²) in [5.74, 6) is -0.147. The SMILES string of the molecule is CCCCCCC/C=C\C/C=C\CCCCCCCCCCCCCCCCCCCCCCCCCCCC(=O)NC(COC1OC(CO)C(O)C(O)C1O)C(O)CCCCCCC. The molecule has 0 saturated carbocycles. The maximum absolute atomic E-state index is 12.9. The van der Waals surface area contributed by atoms with Crippen molar-refractivity contribution in [3.05, 3.63) is 24.3 Å². The lowest BCUT2D eigenvalue weighted by molar-refractivity contribution is -0.302. The lowest BCUT2D eigenvalue weighted by Gasteiger charge is -2.40. The Kier molecular flexibility index (Phi) is 44.0. The molecule has 0 bridgehead atoms. The molecule has 9 nitrogen and oxygen atoms in total. The molecule has 0 aliphatic carbocycles. The van der Waals surface area contributed by atoms with Crippen molar-refractivity contribution in [1.82, 2.24) is 5.32 Å². The summed E-state index contributed by atoms with van der Waals surface area (Å²) in [5, 5.41) is 54.0. The van der Waals surface area contributed by atoms with Crippen LogP contribution in [0.2, 0.25) is 0 Å². The van der Waals surface area contributed by atoms with E-state index >= 15 is 0 Å². The van der Waals surface area contributed by atoms with Gasteiger partial charge in [-0.05, 0) is 44.9 Å². The van der Waals surface area contributed by atoms with Gasteiger partial charge in [0, 0.05) is 6.42 Å². The second-order valence-corrected chi connectivity index (χ2v) is 19.7. The van der Waals surface area contributed by atoms with Crippen molar-refractivity contribution in [1.29, 1.82) is 0 Å². The molecule has 384 valence electrons. The van der Waals surface area contributed by atoms with Crippen molar-refractivity contribution in [2.24, 2.45) is 0 Å². The van der Waals surface area contributed by atoms with E-state index in [1.54, 1.807) is 0 Å². The highest BCUT2D eigenvalue weighted by Crippen LogP contribution is 2.23. The quantitative estimate of drug-likeness (QED) is 0.0261. The van der Waals surface area contributed by atoms with Crippen LogP contribution in [0.3, 0.4) is 0 Å². The Morgan fingerprint density at radius 1 is 0.523 bits per heavy atom. The number of hydrogen-bond donors (Lipinski definition) is 6. The van der Waals surface area contributed by atoms with Gasteiger partial charge in [-0.1, -0.05) is 244 Å². The highest BCUT2D eigenvalue weighted by Gasteiger charge is 2.44. The Labute approximate surface area is 400 Å². The molecular weight excluding hydrogens is 815 g/mol. The largest absolute Gasteiger partial charge is 0.394 e. The Morgan fingerprint density at radius 3 is 1.32 bits per heavy atom. The average molecular weight is 922 g/mol. The van der Waals surface area contributed by atoms with Crippen LogP contribution in [0.15, 0.2) is 24.3 Å². The second kappa shape index (κ2) is 46.4. The first-order valence-electron chi connectivity index (χ1n) is 28.0. The maximum atomic E-state index is 12.9. The zero-order chi connectivity index (χ0) is 47.3.